The van der Waals surface area contributed by atoms with Gasteiger partial charge in [0.1, 0.15) is 5.92 Å². The molecule has 7 nitrogen and oxygen atoms in total. The molecule has 0 bridgehead atoms. The maximum Gasteiger partial charge on any atom is 0.321 e. The predicted octanol–water partition coefficient (Wildman–Crippen LogP) is -0.531. The van der Waals surface area contributed by atoms with Gasteiger partial charge < -0.3 is 15.0 Å². The van der Waals surface area contributed by atoms with E-state index < -0.39 is 6.03 Å². The van der Waals surface area contributed by atoms with Crippen molar-refractivity contribution >= 4 is 17.9 Å². The quantitative estimate of drug-likeness (QED) is 0.575. The van der Waals surface area contributed by atoms with Crippen molar-refractivity contribution < 1.29 is 24.0 Å². The average molecular weight is 314 g/mol. The molecule has 0 aromatic carbocycles. The normalized spacial score (nSPS) is 22.5. The van der Waals surface area contributed by atoms with Gasteiger partial charge in [0.2, 0.25) is 0 Å². The van der Waals surface area contributed by atoms with E-state index >= 15 is 0 Å². The van der Waals surface area contributed by atoms with Crippen LogP contribution in [0, 0.1) is 5.92 Å². The smallest absolute Gasteiger partial charge is 0.321 e. The zero-order chi connectivity index (χ0) is 16.5. The van der Waals surface area contributed by atoms with Crippen molar-refractivity contribution in [2.24, 2.45) is 5.92 Å². The third kappa shape index (κ3) is 6.43. The summed E-state index contributed by atoms with van der Waals surface area (Å²) in [5.74, 6) is -0.652. The molecule has 126 valence electrons. The number of rotatable bonds is 6. The van der Waals surface area contributed by atoms with Gasteiger partial charge in [0.05, 0.1) is 19.7 Å². The van der Waals surface area contributed by atoms with Crippen LogP contribution in [0.1, 0.15) is 40.0 Å². The molecule has 1 aliphatic heterocycles. The molecule has 0 radical (unpaired) electrons. The lowest BCUT2D eigenvalue weighted by atomic mass is 9.98. The van der Waals surface area contributed by atoms with E-state index in [0.717, 1.165) is 30.7 Å². The first-order chi connectivity index (χ1) is 10.5. The summed E-state index contributed by atoms with van der Waals surface area (Å²) < 4.78 is 5.04. The molecule has 1 unspecified atom stereocenters. The molecule has 0 aromatic rings. The standard InChI is InChI=1S/C15H27N3O4/c1-4-11(3)16-15(21)17-13(19)10-18-8-6-7-12(9-18)14(20)22-5-2/h11-12H,4-10H2,1-3H3,(H2,16,17,19,21)/p+1/t11-,12-/m0/s1. The summed E-state index contributed by atoms with van der Waals surface area (Å²) in [4.78, 5) is 36.3. The largest absolute Gasteiger partial charge is 0.466 e. The Kier molecular flexibility index (Phi) is 7.87. The lowest BCUT2D eigenvalue weighted by Crippen LogP contribution is -3.15. The van der Waals surface area contributed by atoms with E-state index in [4.69, 9.17) is 4.74 Å². The Labute approximate surface area is 131 Å². The predicted molar refractivity (Wildman–Crippen MR) is 81.3 cm³/mol. The molecule has 3 amide bonds. The van der Waals surface area contributed by atoms with Crippen LogP contribution in [0.25, 0.3) is 0 Å². The number of urea groups is 1. The lowest BCUT2D eigenvalue weighted by molar-refractivity contribution is -0.899. The molecule has 1 fully saturated rings. The number of piperidine rings is 1. The highest BCUT2D eigenvalue weighted by Crippen LogP contribution is 2.09. The summed E-state index contributed by atoms with van der Waals surface area (Å²) in [5.41, 5.74) is 0. The van der Waals surface area contributed by atoms with Gasteiger partial charge in [-0.2, -0.15) is 0 Å². The minimum Gasteiger partial charge on any atom is -0.466 e. The van der Waals surface area contributed by atoms with Gasteiger partial charge in [0, 0.05) is 6.04 Å². The number of likely N-dealkylation sites (tertiary alicyclic amines) is 1. The van der Waals surface area contributed by atoms with Crippen molar-refractivity contribution in [3.8, 4) is 0 Å². The average Bonchev–Trinajstić information content (AvgIpc) is 2.47. The molecular weight excluding hydrogens is 286 g/mol. The fourth-order valence-corrected chi connectivity index (χ4v) is 2.53. The van der Waals surface area contributed by atoms with Gasteiger partial charge in [-0.1, -0.05) is 6.92 Å². The van der Waals surface area contributed by atoms with Crippen molar-refractivity contribution in [3.05, 3.63) is 0 Å². The van der Waals surface area contributed by atoms with Gasteiger partial charge in [-0.15, -0.1) is 0 Å². The van der Waals surface area contributed by atoms with Gasteiger partial charge in [-0.25, -0.2) is 4.79 Å². The van der Waals surface area contributed by atoms with Crippen molar-refractivity contribution in [1.82, 2.24) is 10.6 Å². The van der Waals surface area contributed by atoms with Crippen molar-refractivity contribution in [2.45, 2.75) is 46.1 Å². The Hall–Kier alpha value is -1.63. The number of carbonyl (C=O) groups is 3. The number of nitrogens with one attached hydrogen (secondary N) is 3. The zero-order valence-corrected chi connectivity index (χ0v) is 13.7. The van der Waals surface area contributed by atoms with Gasteiger partial charge in [0.15, 0.2) is 6.54 Å². The monoisotopic (exact) mass is 314 g/mol. The fraction of sp³-hybridized carbons (Fsp3) is 0.800. The molecule has 7 heteroatoms. The SMILES string of the molecule is CCOC(=O)[C@H]1CCC[NH+](CC(=O)NC(=O)N[C@@H](C)CC)C1. The summed E-state index contributed by atoms with van der Waals surface area (Å²) >= 11 is 0. The Morgan fingerprint density at radius 1 is 1.32 bits per heavy atom. The number of hydrogen-bond acceptors (Lipinski definition) is 4. The number of imide groups is 1. The second-order valence-corrected chi connectivity index (χ2v) is 5.80. The van der Waals surface area contributed by atoms with Crippen LogP contribution in [0.2, 0.25) is 0 Å². The summed E-state index contributed by atoms with van der Waals surface area (Å²) in [7, 11) is 0. The molecule has 1 heterocycles. The van der Waals surface area contributed by atoms with E-state index in [1.165, 1.54) is 0 Å². The lowest BCUT2D eigenvalue weighted by Gasteiger charge is -2.28. The summed E-state index contributed by atoms with van der Waals surface area (Å²) in [6.07, 6.45) is 2.49. The van der Waals surface area contributed by atoms with Gasteiger partial charge in [0.25, 0.3) is 5.91 Å². The van der Waals surface area contributed by atoms with E-state index in [2.05, 4.69) is 10.6 Å². The minimum absolute atomic E-state index is 0.0309. The van der Waals surface area contributed by atoms with Crippen molar-refractivity contribution in [1.29, 1.82) is 0 Å². The molecule has 0 aliphatic carbocycles. The first-order valence-electron chi connectivity index (χ1n) is 8.06. The van der Waals surface area contributed by atoms with Crippen LogP contribution in [0.3, 0.4) is 0 Å². The topological polar surface area (TPSA) is 88.9 Å². The maximum absolute atomic E-state index is 11.9. The number of carbonyl (C=O) groups excluding carboxylic acids is 3. The molecule has 1 saturated heterocycles. The van der Waals surface area contributed by atoms with Gasteiger partial charge in [-0.05, 0) is 33.1 Å². The molecule has 3 atom stereocenters. The molecular formula is C15H28N3O4+. The second-order valence-electron chi connectivity index (χ2n) is 5.80. The third-order valence-corrected chi connectivity index (χ3v) is 3.89. The summed E-state index contributed by atoms with van der Waals surface area (Å²) in [5, 5.41) is 5.02. The van der Waals surface area contributed by atoms with Crippen LogP contribution in [0.15, 0.2) is 0 Å². The molecule has 1 rings (SSSR count). The first-order valence-corrected chi connectivity index (χ1v) is 8.06. The highest BCUT2D eigenvalue weighted by atomic mass is 16.5. The molecule has 0 aromatic heterocycles. The molecule has 3 N–H and O–H groups in total. The van der Waals surface area contributed by atoms with E-state index in [1.807, 2.05) is 13.8 Å². The summed E-state index contributed by atoms with van der Waals surface area (Å²) in [6, 6.07) is -0.430. The highest BCUT2D eigenvalue weighted by Gasteiger charge is 2.31. The first kappa shape index (κ1) is 18.4. The number of ether oxygens (including phenoxy) is 1. The van der Waals surface area contributed by atoms with E-state index in [-0.39, 0.29) is 30.4 Å². The van der Waals surface area contributed by atoms with Crippen molar-refractivity contribution in [2.75, 3.05) is 26.2 Å². The van der Waals surface area contributed by atoms with Gasteiger partial charge >= 0.3 is 12.0 Å². The second kappa shape index (κ2) is 9.40. The fourth-order valence-electron chi connectivity index (χ4n) is 2.53. The Balaban J connectivity index is 2.37. The Bertz CT molecular complexity index is 400. The maximum atomic E-state index is 11.9. The number of amides is 3. The van der Waals surface area contributed by atoms with Crippen LogP contribution < -0.4 is 15.5 Å². The van der Waals surface area contributed by atoms with Gasteiger partial charge in [-0.3, -0.25) is 14.9 Å². The molecule has 22 heavy (non-hydrogen) atoms. The molecule has 1 aliphatic rings. The van der Waals surface area contributed by atoms with Crippen LogP contribution in [-0.4, -0.2) is 50.2 Å². The van der Waals surface area contributed by atoms with Crippen molar-refractivity contribution in [3.63, 3.8) is 0 Å². The number of quaternary nitrogens is 1. The Morgan fingerprint density at radius 2 is 2.05 bits per heavy atom. The molecule has 0 spiro atoms. The van der Waals surface area contributed by atoms with E-state index in [9.17, 15) is 14.4 Å². The molecule has 0 saturated carbocycles. The van der Waals surface area contributed by atoms with Crippen LogP contribution in [0.5, 0.6) is 0 Å². The van der Waals surface area contributed by atoms with Crippen LogP contribution in [-0.2, 0) is 14.3 Å². The summed E-state index contributed by atoms with van der Waals surface area (Å²) in [6.45, 7) is 7.61. The zero-order valence-electron chi connectivity index (χ0n) is 13.7. The highest BCUT2D eigenvalue weighted by molar-refractivity contribution is 5.94. The Morgan fingerprint density at radius 3 is 2.68 bits per heavy atom. The van der Waals surface area contributed by atoms with E-state index in [1.54, 1.807) is 6.92 Å². The minimum atomic E-state index is -0.460. The third-order valence-electron chi connectivity index (χ3n) is 3.89. The number of hydrogen-bond donors (Lipinski definition) is 3. The van der Waals surface area contributed by atoms with E-state index in [0.29, 0.717) is 13.2 Å². The number of esters is 1. The van der Waals surface area contributed by atoms with Crippen LogP contribution in [0.4, 0.5) is 4.79 Å². The van der Waals surface area contributed by atoms with Crippen LogP contribution >= 0.6 is 0 Å².